The summed E-state index contributed by atoms with van der Waals surface area (Å²) in [6, 6.07) is 0. The van der Waals surface area contributed by atoms with E-state index in [1.54, 1.807) is 11.3 Å². The Morgan fingerprint density at radius 3 is 2.61 bits per heavy atom. The molecule has 0 saturated carbocycles. The van der Waals surface area contributed by atoms with Gasteiger partial charge in [-0.3, -0.25) is 9.89 Å². The molecule has 0 bridgehead atoms. The maximum absolute atomic E-state index is 5.71. The van der Waals surface area contributed by atoms with Gasteiger partial charge in [0, 0.05) is 24.7 Å². The number of rotatable bonds is 6. The Balaban J connectivity index is 0.00000280. The summed E-state index contributed by atoms with van der Waals surface area (Å²) < 4.78 is 5.71. The molecule has 3 rings (SSSR count). The molecule has 1 aliphatic rings. The first-order valence-electron chi connectivity index (χ1n) is 9.54. The summed E-state index contributed by atoms with van der Waals surface area (Å²) >= 11 is 1.71. The topological polar surface area (TPSA) is 78.6 Å². The van der Waals surface area contributed by atoms with Crippen LogP contribution in [0.5, 0.6) is 0 Å². The molecule has 0 atom stereocenters. The molecule has 0 unspecified atom stereocenters. The van der Waals surface area contributed by atoms with E-state index in [2.05, 4.69) is 37.4 Å². The minimum absolute atomic E-state index is 0. The number of guanidine groups is 1. The number of piperidine rings is 1. The Hall–Kier alpha value is -1.20. The molecular formula is C19H31IN6OS. The average molecular weight is 518 g/mol. The highest BCUT2D eigenvalue weighted by Gasteiger charge is 2.21. The monoisotopic (exact) mass is 518 g/mol. The van der Waals surface area contributed by atoms with E-state index >= 15 is 0 Å². The standard InChI is InChI=1S/C19H30N6OS.HI/c1-13-9-21-18(27-13)11-23-19(20-4)22-10-16-5-7-25(8-6-16)12-17-24-14(2)15(3)26-17;/h9,16H,5-8,10-12H2,1-4H3,(H2,20,22,23);1H. The van der Waals surface area contributed by atoms with E-state index in [9.17, 15) is 0 Å². The fourth-order valence-corrected chi connectivity index (χ4v) is 3.98. The van der Waals surface area contributed by atoms with Crippen LogP contribution in [0.1, 0.15) is 40.1 Å². The molecule has 0 spiro atoms. The van der Waals surface area contributed by atoms with Crippen LogP contribution in [0.2, 0.25) is 0 Å². The number of nitrogens with one attached hydrogen (secondary N) is 2. The number of hydrogen-bond acceptors (Lipinski definition) is 6. The Morgan fingerprint density at radius 2 is 2.04 bits per heavy atom. The maximum Gasteiger partial charge on any atom is 0.208 e. The molecule has 0 aliphatic carbocycles. The lowest BCUT2D eigenvalue weighted by atomic mass is 9.97. The molecule has 1 fully saturated rings. The van der Waals surface area contributed by atoms with Gasteiger partial charge in [-0.05, 0) is 52.6 Å². The van der Waals surface area contributed by atoms with Crippen molar-refractivity contribution < 1.29 is 4.42 Å². The van der Waals surface area contributed by atoms with Crippen molar-refractivity contribution in [2.75, 3.05) is 26.7 Å². The minimum atomic E-state index is 0. The van der Waals surface area contributed by atoms with Crippen molar-refractivity contribution in [3.05, 3.63) is 33.4 Å². The van der Waals surface area contributed by atoms with E-state index in [1.165, 1.54) is 17.7 Å². The predicted octanol–water partition coefficient (Wildman–Crippen LogP) is 3.25. The number of thiazole rings is 1. The van der Waals surface area contributed by atoms with Gasteiger partial charge in [-0.25, -0.2) is 9.97 Å². The van der Waals surface area contributed by atoms with Crippen LogP contribution in [0.3, 0.4) is 0 Å². The van der Waals surface area contributed by atoms with Crippen LogP contribution in [0.4, 0.5) is 0 Å². The second-order valence-corrected chi connectivity index (χ2v) is 8.46. The summed E-state index contributed by atoms with van der Waals surface area (Å²) in [4.78, 5) is 16.8. The third-order valence-electron chi connectivity index (χ3n) is 5.00. The summed E-state index contributed by atoms with van der Waals surface area (Å²) in [6.45, 7) is 10.7. The molecule has 1 saturated heterocycles. The van der Waals surface area contributed by atoms with Gasteiger partial charge in [0.15, 0.2) is 5.96 Å². The summed E-state index contributed by atoms with van der Waals surface area (Å²) in [5.41, 5.74) is 0.996. The zero-order chi connectivity index (χ0) is 19.2. The summed E-state index contributed by atoms with van der Waals surface area (Å²) in [5.74, 6) is 3.27. The van der Waals surface area contributed by atoms with E-state index in [4.69, 9.17) is 4.42 Å². The average Bonchev–Trinajstić information content (AvgIpc) is 3.21. The molecule has 0 radical (unpaired) electrons. The van der Waals surface area contributed by atoms with Crippen LogP contribution in [-0.2, 0) is 13.1 Å². The van der Waals surface area contributed by atoms with Crippen molar-refractivity contribution in [2.45, 2.75) is 46.7 Å². The fraction of sp³-hybridized carbons (Fsp3) is 0.632. The smallest absolute Gasteiger partial charge is 0.208 e. The van der Waals surface area contributed by atoms with Crippen molar-refractivity contribution in [1.82, 2.24) is 25.5 Å². The Kier molecular flexibility index (Phi) is 9.16. The van der Waals surface area contributed by atoms with Gasteiger partial charge in [0.1, 0.15) is 10.8 Å². The number of aromatic nitrogens is 2. The number of nitrogens with zero attached hydrogens (tertiary/aromatic N) is 4. The molecule has 0 aromatic carbocycles. The number of aliphatic imine (C=N–C) groups is 1. The van der Waals surface area contributed by atoms with Crippen molar-refractivity contribution in [1.29, 1.82) is 0 Å². The number of oxazole rings is 1. The van der Waals surface area contributed by atoms with Gasteiger partial charge in [-0.1, -0.05) is 0 Å². The Labute approximate surface area is 188 Å². The van der Waals surface area contributed by atoms with E-state index in [1.807, 2.05) is 27.1 Å². The first-order chi connectivity index (χ1) is 13.0. The van der Waals surface area contributed by atoms with Crippen molar-refractivity contribution in [3.8, 4) is 0 Å². The quantitative estimate of drug-likeness (QED) is 0.348. The molecule has 2 N–H and O–H groups in total. The molecule has 2 aromatic heterocycles. The molecule has 0 amide bonds. The van der Waals surface area contributed by atoms with Gasteiger partial charge < -0.3 is 15.1 Å². The van der Waals surface area contributed by atoms with Gasteiger partial charge in [-0.2, -0.15) is 0 Å². The molecule has 2 aromatic rings. The first-order valence-corrected chi connectivity index (χ1v) is 10.4. The van der Waals surface area contributed by atoms with Crippen LogP contribution in [0.15, 0.2) is 15.6 Å². The highest BCUT2D eigenvalue weighted by molar-refractivity contribution is 14.0. The zero-order valence-corrected chi connectivity index (χ0v) is 20.3. The highest BCUT2D eigenvalue weighted by Crippen LogP contribution is 2.19. The van der Waals surface area contributed by atoms with Crippen LogP contribution in [-0.4, -0.2) is 47.5 Å². The molecule has 3 heterocycles. The second kappa shape index (κ2) is 11.1. The Morgan fingerprint density at radius 1 is 1.29 bits per heavy atom. The summed E-state index contributed by atoms with van der Waals surface area (Å²) in [6.07, 6.45) is 4.26. The predicted molar refractivity (Wildman–Crippen MR) is 124 cm³/mol. The van der Waals surface area contributed by atoms with Gasteiger partial charge in [-0.15, -0.1) is 35.3 Å². The fourth-order valence-electron chi connectivity index (χ4n) is 3.25. The van der Waals surface area contributed by atoms with Gasteiger partial charge in [0.05, 0.1) is 18.8 Å². The van der Waals surface area contributed by atoms with E-state index < -0.39 is 0 Å². The number of likely N-dealkylation sites (tertiary alicyclic amines) is 1. The van der Waals surface area contributed by atoms with Gasteiger partial charge >= 0.3 is 0 Å². The first kappa shape index (κ1) is 23.1. The molecule has 1 aliphatic heterocycles. The van der Waals surface area contributed by atoms with E-state index in [0.717, 1.165) is 54.5 Å². The normalized spacial score (nSPS) is 16.1. The molecular weight excluding hydrogens is 487 g/mol. The number of halogens is 1. The largest absolute Gasteiger partial charge is 0.444 e. The molecule has 9 heteroatoms. The third-order valence-corrected chi connectivity index (χ3v) is 5.91. The Bertz CT molecular complexity index is 747. The molecule has 28 heavy (non-hydrogen) atoms. The number of hydrogen-bond donors (Lipinski definition) is 2. The highest BCUT2D eigenvalue weighted by atomic mass is 127. The summed E-state index contributed by atoms with van der Waals surface area (Å²) in [5, 5.41) is 7.89. The SMILES string of the molecule is CN=C(NCc1ncc(C)s1)NCC1CCN(Cc2nc(C)c(C)o2)CC1.I. The van der Waals surface area contributed by atoms with Gasteiger partial charge in [0.2, 0.25) is 5.89 Å². The van der Waals surface area contributed by atoms with Crippen LogP contribution < -0.4 is 10.6 Å². The lowest BCUT2D eigenvalue weighted by molar-refractivity contribution is 0.164. The van der Waals surface area contributed by atoms with Crippen molar-refractivity contribution in [3.63, 3.8) is 0 Å². The summed E-state index contributed by atoms with van der Waals surface area (Å²) in [7, 11) is 1.81. The minimum Gasteiger partial charge on any atom is -0.444 e. The van der Waals surface area contributed by atoms with E-state index in [-0.39, 0.29) is 24.0 Å². The van der Waals surface area contributed by atoms with Crippen LogP contribution in [0, 0.1) is 26.7 Å². The second-order valence-electron chi connectivity index (χ2n) is 7.14. The lowest BCUT2D eigenvalue weighted by Gasteiger charge is -2.31. The zero-order valence-electron chi connectivity index (χ0n) is 17.1. The number of aryl methyl sites for hydroxylation is 3. The van der Waals surface area contributed by atoms with Crippen LogP contribution >= 0.6 is 35.3 Å². The molecule has 7 nitrogen and oxygen atoms in total. The third kappa shape index (κ3) is 6.70. The molecule has 156 valence electrons. The van der Waals surface area contributed by atoms with Crippen LogP contribution in [0.25, 0.3) is 0 Å². The van der Waals surface area contributed by atoms with Gasteiger partial charge in [0.25, 0.3) is 0 Å². The lowest BCUT2D eigenvalue weighted by Crippen LogP contribution is -2.42. The van der Waals surface area contributed by atoms with E-state index in [0.29, 0.717) is 12.5 Å². The maximum atomic E-state index is 5.71. The van der Waals surface area contributed by atoms with Crippen molar-refractivity contribution in [2.24, 2.45) is 10.9 Å². The van der Waals surface area contributed by atoms with Crippen molar-refractivity contribution >= 4 is 41.3 Å².